The topological polar surface area (TPSA) is 66.5 Å². The number of alkyl halides is 3. The molecule has 1 heterocycles. The second-order valence-electron chi connectivity index (χ2n) is 4.95. The van der Waals surface area contributed by atoms with E-state index in [1.165, 1.54) is 12.1 Å². The molecule has 9 heteroatoms. The molecule has 1 aliphatic heterocycles. The highest BCUT2D eigenvalue weighted by atomic mass is 79.9. The number of amides is 3. The van der Waals surface area contributed by atoms with E-state index >= 15 is 0 Å². The maximum atomic E-state index is 12.1. The number of nitrogens with one attached hydrogen (secondary N) is 1. The Hall–Kier alpha value is -1.90. The first kappa shape index (κ1) is 17.5. The number of fused-ring (bicyclic) bond motifs is 1. The summed E-state index contributed by atoms with van der Waals surface area (Å²) in [4.78, 5) is 36.5. The number of halogens is 4. The molecule has 1 aromatic rings. The van der Waals surface area contributed by atoms with E-state index in [-0.39, 0.29) is 30.5 Å². The van der Waals surface area contributed by atoms with Gasteiger partial charge in [0.25, 0.3) is 11.8 Å². The Morgan fingerprint density at radius 2 is 1.83 bits per heavy atom. The Morgan fingerprint density at radius 3 is 2.48 bits per heavy atom. The van der Waals surface area contributed by atoms with Gasteiger partial charge in [-0.3, -0.25) is 19.3 Å². The van der Waals surface area contributed by atoms with Crippen molar-refractivity contribution in [2.75, 3.05) is 13.1 Å². The van der Waals surface area contributed by atoms with E-state index in [4.69, 9.17) is 0 Å². The lowest BCUT2D eigenvalue weighted by atomic mass is 10.1. The van der Waals surface area contributed by atoms with Crippen LogP contribution in [0.4, 0.5) is 13.2 Å². The number of hydrogen-bond donors (Lipinski definition) is 1. The predicted octanol–water partition coefficient (Wildman–Crippen LogP) is 2.50. The standard InChI is InChI=1S/C14H12BrF3N2O3/c15-8-3-4-9-10(6-8)13(23)20(12(9)22)5-1-2-11(21)19-7-14(16,17)18/h3-4,6H,1-2,5,7H2,(H,19,21). The van der Waals surface area contributed by atoms with E-state index < -0.39 is 30.4 Å². The number of rotatable bonds is 5. The van der Waals surface area contributed by atoms with Gasteiger partial charge in [-0.15, -0.1) is 0 Å². The highest BCUT2D eigenvalue weighted by Gasteiger charge is 2.35. The quantitative estimate of drug-likeness (QED) is 0.782. The zero-order chi connectivity index (χ0) is 17.2. The molecule has 0 atom stereocenters. The van der Waals surface area contributed by atoms with Crippen LogP contribution in [0.3, 0.4) is 0 Å². The van der Waals surface area contributed by atoms with Crippen molar-refractivity contribution in [3.05, 3.63) is 33.8 Å². The van der Waals surface area contributed by atoms with E-state index in [2.05, 4.69) is 15.9 Å². The molecule has 0 radical (unpaired) electrons. The summed E-state index contributed by atoms with van der Waals surface area (Å²) in [6.07, 6.45) is -4.57. The molecular weight excluding hydrogens is 381 g/mol. The van der Waals surface area contributed by atoms with Crippen molar-refractivity contribution in [3.63, 3.8) is 0 Å². The molecule has 0 aromatic heterocycles. The molecule has 0 saturated carbocycles. The zero-order valence-corrected chi connectivity index (χ0v) is 13.3. The van der Waals surface area contributed by atoms with Crippen LogP contribution in [0, 0.1) is 0 Å². The van der Waals surface area contributed by atoms with Gasteiger partial charge in [0.15, 0.2) is 0 Å². The van der Waals surface area contributed by atoms with Crippen LogP contribution in [0.15, 0.2) is 22.7 Å². The molecule has 2 rings (SSSR count). The smallest absolute Gasteiger partial charge is 0.347 e. The SMILES string of the molecule is O=C(CCCN1C(=O)c2ccc(Br)cc2C1=O)NCC(F)(F)F. The Morgan fingerprint density at radius 1 is 1.17 bits per heavy atom. The fourth-order valence-corrected chi connectivity index (χ4v) is 2.51. The minimum atomic E-state index is -4.47. The minimum absolute atomic E-state index is 0.0244. The van der Waals surface area contributed by atoms with Crippen LogP contribution < -0.4 is 5.32 Å². The first-order valence-corrected chi connectivity index (χ1v) is 7.47. The molecule has 0 aliphatic carbocycles. The minimum Gasteiger partial charge on any atom is -0.347 e. The first-order valence-electron chi connectivity index (χ1n) is 6.68. The number of imide groups is 1. The Labute approximate surface area is 138 Å². The van der Waals surface area contributed by atoms with Gasteiger partial charge in [0.05, 0.1) is 11.1 Å². The Kier molecular flexibility index (Phi) is 5.08. The number of benzene rings is 1. The summed E-state index contributed by atoms with van der Waals surface area (Å²) in [5.41, 5.74) is 0.547. The molecule has 1 N–H and O–H groups in total. The van der Waals surface area contributed by atoms with Crippen molar-refractivity contribution < 1.29 is 27.6 Å². The summed E-state index contributed by atoms with van der Waals surface area (Å²) in [5, 5.41) is 1.74. The van der Waals surface area contributed by atoms with Gasteiger partial charge in [0, 0.05) is 17.4 Å². The summed E-state index contributed by atoms with van der Waals surface area (Å²) in [5.74, 6) is -1.71. The third-order valence-corrected chi connectivity index (χ3v) is 3.70. The largest absolute Gasteiger partial charge is 0.405 e. The van der Waals surface area contributed by atoms with Gasteiger partial charge in [0.2, 0.25) is 5.91 Å². The molecule has 23 heavy (non-hydrogen) atoms. The summed E-state index contributed by atoms with van der Waals surface area (Å²) >= 11 is 3.21. The van der Waals surface area contributed by atoms with Gasteiger partial charge in [0.1, 0.15) is 6.54 Å². The molecule has 0 spiro atoms. The highest BCUT2D eigenvalue weighted by Crippen LogP contribution is 2.26. The fourth-order valence-electron chi connectivity index (χ4n) is 2.15. The molecule has 1 aromatic carbocycles. The van der Waals surface area contributed by atoms with Crippen LogP contribution in [-0.4, -0.2) is 41.9 Å². The Balaban J connectivity index is 1.87. The summed E-state index contributed by atoms with van der Waals surface area (Å²) < 4.78 is 36.5. The van der Waals surface area contributed by atoms with Crippen LogP contribution in [0.5, 0.6) is 0 Å². The number of carbonyl (C=O) groups is 3. The summed E-state index contributed by atoms with van der Waals surface area (Å²) in [7, 11) is 0. The molecule has 0 saturated heterocycles. The zero-order valence-electron chi connectivity index (χ0n) is 11.7. The van der Waals surface area contributed by atoms with E-state index in [0.717, 1.165) is 4.90 Å². The first-order chi connectivity index (χ1) is 10.7. The average Bonchev–Trinajstić information content (AvgIpc) is 2.69. The number of carbonyl (C=O) groups excluding carboxylic acids is 3. The summed E-state index contributed by atoms with van der Waals surface area (Å²) in [6.45, 7) is -1.42. The summed E-state index contributed by atoms with van der Waals surface area (Å²) in [6, 6.07) is 4.69. The predicted molar refractivity (Wildman–Crippen MR) is 77.8 cm³/mol. The molecule has 1 aliphatic rings. The molecule has 0 unspecified atom stereocenters. The lowest BCUT2D eigenvalue weighted by molar-refractivity contribution is -0.138. The third-order valence-electron chi connectivity index (χ3n) is 3.20. The number of nitrogens with zero attached hydrogens (tertiary/aromatic N) is 1. The number of hydrogen-bond acceptors (Lipinski definition) is 3. The molecule has 3 amide bonds. The van der Waals surface area contributed by atoms with Crippen molar-refractivity contribution in [2.24, 2.45) is 0 Å². The maximum absolute atomic E-state index is 12.1. The van der Waals surface area contributed by atoms with E-state index in [0.29, 0.717) is 4.47 Å². The van der Waals surface area contributed by atoms with Crippen LogP contribution in [0.2, 0.25) is 0 Å². The molecule has 124 valence electrons. The second kappa shape index (κ2) is 6.69. The fraction of sp³-hybridized carbons (Fsp3) is 0.357. The van der Waals surface area contributed by atoms with Gasteiger partial charge in [-0.05, 0) is 24.6 Å². The van der Waals surface area contributed by atoms with Crippen LogP contribution in [-0.2, 0) is 4.79 Å². The average molecular weight is 393 g/mol. The normalized spacial score (nSPS) is 14.2. The van der Waals surface area contributed by atoms with Crippen molar-refractivity contribution in [3.8, 4) is 0 Å². The van der Waals surface area contributed by atoms with Crippen molar-refractivity contribution in [1.29, 1.82) is 0 Å². The molecule has 5 nitrogen and oxygen atoms in total. The lowest BCUT2D eigenvalue weighted by Crippen LogP contribution is -2.35. The van der Waals surface area contributed by atoms with Crippen molar-refractivity contribution in [1.82, 2.24) is 10.2 Å². The molecule has 0 fully saturated rings. The molecular formula is C14H12BrF3N2O3. The molecule has 0 bridgehead atoms. The highest BCUT2D eigenvalue weighted by molar-refractivity contribution is 9.10. The second-order valence-corrected chi connectivity index (χ2v) is 5.86. The maximum Gasteiger partial charge on any atom is 0.405 e. The van der Waals surface area contributed by atoms with E-state index in [1.807, 2.05) is 0 Å². The van der Waals surface area contributed by atoms with E-state index in [9.17, 15) is 27.6 Å². The van der Waals surface area contributed by atoms with Gasteiger partial charge in [-0.25, -0.2) is 0 Å². The van der Waals surface area contributed by atoms with Crippen molar-refractivity contribution in [2.45, 2.75) is 19.0 Å². The lowest BCUT2D eigenvalue weighted by Gasteiger charge is -2.13. The van der Waals surface area contributed by atoms with Gasteiger partial charge in [-0.1, -0.05) is 15.9 Å². The van der Waals surface area contributed by atoms with Gasteiger partial charge in [-0.2, -0.15) is 13.2 Å². The van der Waals surface area contributed by atoms with Crippen LogP contribution in [0.25, 0.3) is 0 Å². The van der Waals surface area contributed by atoms with Gasteiger partial charge < -0.3 is 5.32 Å². The monoisotopic (exact) mass is 392 g/mol. The van der Waals surface area contributed by atoms with Crippen molar-refractivity contribution >= 4 is 33.7 Å². The van der Waals surface area contributed by atoms with Crippen LogP contribution >= 0.6 is 15.9 Å². The third kappa shape index (κ3) is 4.31. The van der Waals surface area contributed by atoms with E-state index in [1.54, 1.807) is 11.4 Å². The van der Waals surface area contributed by atoms with Crippen LogP contribution in [0.1, 0.15) is 33.6 Å². The van der Waals surface area contributed by atoms with Gasteiger partial charge >= 0.3 is 6.18 Å². The Bertz CT molecular complexity index is 661.